The molecule has 0 fully saturated rings. The summed E-state index contributed by atoms with van der Waals surface area (Å²) < 4.78 is 10.3. The molecule has 0 unspecified atom stereocenters. The van der Waals surface area contributed by atoms with E-state index in [2.05, 4.69) is 20.2 Å². The van der Waals surface area contributed by atoms with Gasteiger partial charge in [0.1, 0.15) is 21.3 Å². The number of ether oxygens (including phenoxy) is 1. The van der Waals surface area contributed by atoms with Gasteiger partial charge in [-0.15, -0.1) is 11.3 Å². The second-order valence-corrected chi connectivity index (χ2v) is 8.74. The summed E-state index contributed by atoms with van der Waals surface area (Å²) in [6, 6.07) is 11.0. The Hall–Kier alpha value is -3.76. The van der Waals surface area contributed by atoms with Gasteiger partial charge in [0.25, 0.3) is 11.5 Å². The Bertz CT molecular complexity index is 1370. The molecule has 0 aliphatic heterocycles. The first-order chi connectivity index (χ1) is 16.4. The molecule has 34 heavy (non-hydrogen) atoms. The number of thiophene rings is 1. The van der Waals surface area contributed by atoms with Gasteiger partial charge in [-0.05, 0) is 42.3 Å². The van der Waals surface area contributed by atoms with Crippen LogP contribution in [0.5, 0.6) is 0 Å². The van der Waals surface area contributed by atoms with Crippen molar-refractivity contribution in [1.82, 2.24) is 20.2 Å². The summed E-state index contributed by atoms with van der Waals surface area (Å²) in [5, 5.41) is 3.01. The molecular formula is C24H24N4O5S. The van der Waals surface area contributed by atoms with Crippen LogP contribution in [-0.4, -0.2) is 40.9 Å². The Morgan fingerprint density at radius 2 is 1.94 bits per heavy atom. The SMILES string of the molecule is CNC(=O)c1ccc(CN(Cc2nc3sc(C(=O)OC)c(C)c3c(=O)[nH]2)Cc2ccco2)cc1. The maximum Gasteiger partial charge on any atom is 0.348 e. The van der Waals surface area contributed by atoms with Crippen LogP contribution in [0.25, 0.3) is 10.2 Å². The van der Waals surface area contributed by atoms with Crippen LogP contribution < -0.4 is 10.9 Å². The normalized spacial score (nSPS) is 11.2. The highest BCUT2D eigenvalue weighted by Gasteiger charge is 2.20. The number of rotatable bonds is 8. The fourth-order valence-electron chi connectivity index (χ4n) is 3.72. The molecule has 10 heteroatoms. The van der Waals surface area contributed by atoms with Crippen molar-refractivity contribution >= 4 is 33.4 Å². The number of aryl methyl sites for hydroxylation is 1. The van der Waals surface area contributed by atoms with Crippen LogP contribution in [-0.2, 0) is 24.4 Å². The van der Waals surface area contributed by atoms with Crippen molar-refractivity contribution in [2.24, 2.45) is 0 Å². The van der Waals surface area contributed by atoms with Crippen molar-refractivity contribution in [3.05, 3.63) is 86.2 Å². The molecule has 0 saturated carbocycles. The van der Waals surface area contributed by atoms with E-state index in [9.17, 15) is 14.4 Å². The third kappa shape index (κ3) is 4.92. The number of nitrogens with zero attached hydrogens (tertiary/aromatic N) is 2. The first-order valence-electron chi connectivity index (χ1n) is 10.6. The maximum absolute atomic E-state index is 12.8. The zero-order valence-electron chi connectivity index (χ0n) is 19.0. The molecule has 0 bridgehead atoms. The zero-order valence-corrected chi connectivity index (χ0v) is 19.8. The van der Waals surface area contributed by atoms with Crippen LogP contribution in [0.3, 0.4) is 0 Å². The standard InChI is InChI=1S/C24H24N4O5S/c1-14-19-22(30)26-18(27-23(19)34-20(14)24(31)32-3)13-28(12-17-5-4-10-33-17)11-15-6-8-16(9-7-15)21(29)25-2/h4-10H,11-13H2,1-3H3,(H,25,29)(H,26,27,30). The van der Waals surface area contributed by atoms with Gasteiger partial charge in [0, 0.05) is 19.2 Å². The van der Waals surface area contributed by atoms with Gasteiger partial charge in [0.05, 0.1) is 31.8 Å². The Morgan fingerprint density at radius 1 is 1.18 bits per heavy atom. The third-order valence-corrected chi connectivity index (χ3v) is 6.57. The first-order valence-corrected chi connectivity index (χ1v) is 11.4. The second kappa shape index (κ2) is 10.0. The molecule has 3 heterocycles. The van der Waals surface area contributed by atoms with Gasteiger partial charge in [-0.2, -0.15) is 0 Å². The highest BCUT2D eigenvalue weighted by atomic mass is 32.1. The molecule has 4 aromatic rings. The highest BCUT2D eigenvalue weighted by molar-refractivity contribution is 7.20. The van der Waals surface area contributed by atoms with Gasteiger partial charge in [-0.25, -0.2) is 9.78 Å². The van der Waals surface area contributed by atoms with Gasteiger partial charge < -0.3 is 19.5 Å². The molecule has 176 valence electrons. The van der Waals surface area contributed by atoms with Crippen LogP contribution in [0.4, 0.5) is 0 Å². The predicted octanol–water partition coefficient (Wildman–Crippen LogP) is 3.23. The molecule has 0 saturated heterocycles. The molecule has 1 amide bonds. The number of hydrogen-bond acceptors (Lipinski definition) is 8. The number of carbonyl (C=O) groups is 2. The molecule has 0 radical (unpaired) electrons. The van der Waals surface area contributed by atoms with Crippen molar-refractivity contribution in [3.63, 3.8) is 0 Å². The summed E-state index contributed by atoms with van der Waals surface area (Å²) in [7, 11) is 2.90. The lowest BCUT2D eigenvalue weighted by atomic mass is 10.1. The number of furan rings is 1. The van der Waals surface area contributed by atoms with E-state index in [1.165, 1.54) is 7.11 Å². The Balaban J connectivity index is 1.62. The Labute approximate surface area is 199 Å². The molecule has 1 aromatic carbocycles. The predicted molar refractivity (Wildman–Crippen MR) is 128 cm³/mol. The lowest BCUT2D eigenvalue weighted by Gasteiger charge is -2.21. The number of benzene rings is 1. The summed E-state index contributed by atoms with van der Waals surface area (Å²) in [6.07, 6.45) is 1.61. The zero-order chi connectivity index (χ0) is 24.2. The van der Waals surface area contributed by atoms with E-state index in [1.807, 2.05) is 24.3 Å². The maximum atomic E-state index is 12.8. The number of fused-ring (bicyclic) bond motifs is 1. The van der Waals surface area contributed by atoms with Crippen molar-refractivity contribution in [3.8, 4) is 0 Å². The van der Waals surface area contributed by atoms with Crippen LogP contribution >= 0.6 is 11.3 Å². The number of carbonyl (C=O) groups excluding carboxylic acids is 2. The van der Waals surface area contributed by atoms with Crippen molar-refractivity contribution in [2.75, 3.05) is 14.2 Å². The van der Waals surface area contributed by atoms with Gasteiger partial charge >= 0.3 is 5.97 Å². The minimum absolute atomic E-state index is 0.147. The third-order valence-electron chi connectivity index (χ3n) is 5.40. The van der Waals surface area contributed by atoms with Crippen LogP contribution in [0.15, 0.2) is 51.9 Å². The van der Waals surface area contributed by atoms with Gasteiger partial charge in [0.2, 0.25) is 0 Å². The highest BCUT2D eigenvalue weighted by Crippen LogP contribution is 2.27. The fourth-order valence-corrected chi connectivity index (χ4v) is 4.84. The number of hydrogen-bond donors (Lipinski definition) is 2. The lowest BCUT2D eigenvalue weighted by Crippen LogP contribution is -2.25. The summed E-state index contributed by atoms with van der Waals surface area (Å²) in [6.45, 7) is 3.08. The average Bonchev–Trinajstić information content (AvgIpc) is 3.46. The van der Waals surface area contributed by atoms with Crippen molar-refractivity contribution in [1.29, 1.82) is 0 Å². The van der Waals surface area contributed by atoms with E-state index in [0.717, 1.165) is 22.7 Å². The van der Waals surface area contributed by atoms with E-state index in [4.69, 9.17) is 9.15 Å². The molecule has 4 rings (SSSR count). The summed E-state index contributed by atoms with van der Waals surface area (Å²) >= 11 is 1.15. The molecule has 9 nitrogen and oxygen atoms in total. The average molecular weight is 481 g/mol. The summed E-state index contributed by atoms with van der Waals surface area (Å²) in [5.41, 5.74) is 1.84. The molecular weight excluding hydrogens is 456 g/mol. The number of amides is 1. The van der Waals surface area contributed by atoms with Crippen molar-refractivity contribution < 1.29 is 18.7 Å². The minimum Gasteiger partial charge on any atom is -0.468 e. The van der Waals surface area contributed by atoms with E-state index in [1.54, 1.807) is 32.4 Å². The smallest absolute Gasteiger partial charge is 0.348 e. The molecule has 0 spiro atoms. The largest absolute Gasteiger partial charge is 0.468 e. The molecule has 2 N–H and O–H groups in total. The van der Waals surface area contributed by atoms with Crippen LogP contribution in [0.2, 0.25) is 0 Å². The number of H-pyrrole nitrogens is 1. The van der Waals surface area contributed by atoms with Crippen LogP contribution in [0.1, 0.15) is 42.7 Å². The number of aromatic amines is 1. The van der Waals surface area contributed by atoms with Crippen molar-refractivity contribution in [2.45, 2.75) is 26.6 Å². The summed E-state index contributed by atoms with van der Waals surface area (Å²) in [4.78, 5) is 47.1. The Morgan fingerprint density at radius 3 is 2.59 bits per heavy atom. The van der Waals surface area contributed by atoms with E-state index >= 15 is 0 Å². The first kappa shape index (κ1) is 23.4. The molecule has 0 atom stereocenters. The lowest BCUT2D eigenvalue weighted by molar-refractivity contribution is 0.0605. The second-order valence-electron chi connectivity index (χ2n) is 7.74. The molecule has 0 aliphatic carbocycles. The van der Waals surface area contributed by atoms with E-state index < -0.39 is 5.97 Å². The topological polar surface area (TPSA) is 118 Å². The monoisotopic (exact) mass is 480 g/mol. The number of esters is 1. The minimum atomic E-state index is -0.485. The summed E-state index contributed by atoms with van der Waals surface area (Å²) in [5.74, 6) is 0.613. The molecule has 0 aliphatic rings. The van der Waals surface area contributed by atoms with Gasteiger partial charge in [0.15, 0.2) is 0 Å². The molecule has 3 aromatic heterocycles. The number of aromatic nitrogens is 2. The van der Waals surface area contributed by atoms with E-state index in [0.29, 0.717) is 51.7 Å². The van der Waals surface area contributed by atoms with Gasteiger partial charge in [-0.1, -0.05) is 12.1 Å². The Kier molecular flexibility index (Phi) is 6.90. The number of nitrogens with one attached hydrogen (secondary N) is 2. The number of methoxy groups -OCH3 is 1. The van der Waals surface area contributed by atoms with Gasteiger partial charge in [-0.3, -0.25) is 14.5 Å². The van der Waals surface area contributed by atoms with Crippen LogP contribution in [0, 0.1) is 6.92 Å². The quantitative estimate of drug-likeness (QED) is 0.372. The van der Waals surface area contributed by atoms with E-state index in [-0.39, 0.29) is 11.5 Å². The fraction of sp³-hybridized carbons (Fsp3) is 0.250.